The Balaban J connectivity index is 2.00. The van der Waals surface area contributed by atoms with Crippen molar-refractivity contribution in [2.24, 2.45) is 5.10 Å². The molecule has 0 aliphatic heterocycles. The topological polar surface area (TPSA) is 123 Å². The third kappa shape index (κ3) is 6.52. The van der Waals surface area contributed by atoms with E-state index < -0.39 is 23.0 Å². The zero-order valence-corrected chi connectivity index (χ0v) is 15.2. The highest BCUT2D eigenvalue weighted by atomic mass is 16.6. The van der Waals surface area contributed by atoms with Crippen LogP contribution >= 0.6 is 0 Å². The van der Waals surface area contributed by atoms with Crippen molar-refractivity contribution in [2.75, 3.05) is 6.61 Å². The van der Waals surface area contributed by atoms with E-state index in [2.05, 4.69) is 15.8 Å². The normalized spacial score (nSPS) is 11.6. The van der Waals surface area contributed by atoms with Crippen molar-refractivity contribution in [2.45, 2.75) is 19.4 Å². The van der Waals surface area contributed by atoms with Crippen LogP contribution in [-0.2, 0) is 9.53 Å². The second kappa shape index (κ2) is 10.4. The van der Waals surface area contributed by atoms with Crippen molar-refractivity contribution in [1.82, 2.24) is 10.7 Å². The molecule has 0 radical (unpaired) electrons. The lowest BCUT2D eigenvalue weighted by Gasteiger charge is -2.18. The molecule has 0 spiro atoms. The van der Waals surface area contributed by atoms with Crippen LogP contribution in [0.2, 0.25) is 0 Å². The molecule has 2 aromatic carbocycles. The molecule has 0 aliphatic rings. The molecular formula is C19H20N4O5. The molecule has 0 fully saturated rings. The van der Waals surface area contributed by atoms with Gasteiger partial charge < -0.3 is 10.1 Å². The van der Waals surface area contributed by atoms with Gasteiger partial charge in [0.2, 0.25) is 5.91 Å². The number of non-ortho nitro benzene ring substituents is 1. The SMILES string of the molecule is CCOC(=O)N[C@@H](CC(=O)N/N=C\c1cccc([N+](=O)[O-])c1)c1ccccc1. The number of hydrazone groups is 1. The van der Waals surface area contributed by atoms with Crippen LogP contribution in [-0.4, -0.2) is 29.7 Å². The highest BCUT2D eigenvalue weighted by molar-refractivity contribution is 5.83. The summed E-state index contributed by atoms with van der Waals surface area (Å²) in [4.78, 5) is 34.2. The van der Waals surface area contributed by atoms with Gasteiger partial charge in [0.15, 0.2) is 0 Å². The van der Waals surface area contributed by atoms with E-state index in [1.807, 2.05) is 6.07 Å². The number of alkyl carbamates (subject to hydrolysis) is 1. The first-order valence-electron chi connectivity index (χ1n) is 8.54. The van der Waals surface area contributed by atoms with Crippen molar-refractivity contribution in [3.8, 4) is 0 Å². The van der Waals surface area contributed by atoms with E-state index in [9.17, 15) is 19.7 Å². The molecule has 28 heavy (non-hydrogen) atoms. The standard InChI is InChI=1S/C19H20N4O5/c1-2-28-19(25)21-17(15-8-4-3-5-9-15)12-18(24)22-20-13-14-7-6-10-16(11-14)23(26)27/h3-11,13,17H,2,12H2,1H3,(H,21,25)(H,22,24)/b20-13-/t17-/m0/s1. The number of rotatable bonds is 8. The number of hydrogen-bond donors (Lipinski definition) is 2. The second-order valence-electron chi connectivity index (χ2n) is 5.68. The Morgan fingerprint density at radius 3 is 2.64 bits per heavy atom. The molecule has 2 N–H and O–H groups in total. The molecule has 0 aromatic heterocycles. The summed E-state index contributed by atoms with van der Waals surface area (Å²) in [6.07, 6.45) is 0.625. The third-order valence-electron chi connectivity index (χ3n) is 3.64. The molecule has 0 saturated heterocycles. The first-order chi connectivity index (χ1) is 13.5. The Bertz CT molecular complexity index is 854. The molecule has 0 bridgehead atoms. The molecule has 0 heterocycles. The van der Waals surface area contributed by atoms with Gasteiger partial charge in [0, 0.05) is 17.7 Å². The van der Waals surface area contributed by atoms with E-state index in [0.29, 0.717) is 5.56 Å². The maximum absolute atomic E-state index is 12.2. The van der Waals surface area contributed by atoms with Crippen LogP contribution < -0.4 is 10.7 Å². The van der Waals surface area contributed by atoms with E-state index in [1.165, 1.54) is 24.4 Å². The quantitative estimate of drug-likeness (QED) is 0.411. The summed E-state index contributed by atoms with van der Waals surface area (Å²) in [6, 6.07) is 14.3. The van der Waals surface area contributed by atoms with Crippen LogP contribution in [0.15, 0.2) is 59.7 Å². The van der Waals surface area contributed by atoms with E-state index in [1.54, 1.807) is 37.3 Å². The minimum atomic E-state index is -0.621. The molecule has 2 rings (SSSR count). The van der Waals surface area contributed by atoms with Crippen molar-refractivity contribution in [3.63, 3.8) is 0 Å². The molecule has 9 nitrogen and oxygen atoms in total. The number of benzene rings is 2. The van der Waals surface area contributed by atoms with E-state index >= 15 is 0 Å². The molecule has 9 heteroatoms. The number of carbonyl (C=O) groups excluding carboxylic acids is 2. The molecule has 0 unspecified atom stereocenters. The Labute approximate surface area is 161 Å². The van der Waals surface area contributed by atoms with Crippen LogP contribution in [0.1, 0.15) is 30.5 Å². The van der Waals surface area contributed by atoms with Gasteiger partial charge in [0.05, 0.1) is 30.2 Å². The first kappa shape index (κ1) is 20.6. The molecule has 1 atom stereocenters. The average Bonchev–Trinajstić information content (AvgIpc) is 2.68. The third-order valence-corrected chi connectivity index (χ3v) is 3.64. The van der Waals surface area contributed by atoms with Gasteiger partial charge in [-0.05, 0) is 12.5 Å². The lowest BCUT2D eigenvalue weighted by Crippen LogP contribution is -2.33. The number of nitrogens with zero attached hydrogens (tertiary/aromatic N) is 2. The van der Waals surface area contributed by atoms with Gasteiger partial charge in [0.1, 0.15) is 0 Å². The minimum Gasteiger partial charge on any atom is -0.450 e. The summed E-state index contributed by atoms with van der Waals surface area (Å²) in [7, 11) is 0. The number of hydrogen-bond acceptors (Lipinski definition) is 6. The fourth-order valence-corrected chi connectivity index (χ4v) is 2.38. The summed E-state index contributed by atoms with van der Waals surface area (Å²) in [5.74, 6) is -0.438. The molecular weight excluding hydrogens is 364 g/mol. The van der Waals surface area contributed by atoms with Gasteiger partial charge in [-0.2, -0.15) is 5.10 Å². The average molecular weight is 384 g/mol. The van der Waals surface area contributed by atoms with E-state index in [-0.39, 0.29) is 18.7 Å². The molecule has 2 aromatic rings. The fraction of sp³-hybridized carbons (Fsp3) is 0.211. The predicted octanol–water partition coefficient (Wildman–Crippen LogP) is 2.92. The van der Waals surface area contributed by atoms with Gasteiger partial charge >= 0.3 is 6.09 Å². The minimum absolute atomic E-state index is 0.0604. The van der Waals surface area contributed by atoms with Crippen molar-refractivity contribution in [3.05, 3.63) is 75.8 Å². The Kier molecular flexibility index (Phi) is 7.64. The highest BCUT2D eigenvalue weighted by Crippen LogP contribution is 2.17. The van der Waals surface area contributed by atoms with Crippen LogP contribution in [0.3, 0.4) is 0 Å². The highest BCUT2D eigenvalue weighted by Gasteiger charge is 2.18. The zero-order chi connectivity index (χ0) is 20.4. The largest absolute Gasteiger partial charge is 0.450 e. The first-order valence-corrected chi connectivity index (χ1v) is 8.54. The summed E-state index contributed by atoms with van der Waals surface area (Å²) < 4.78 is 4.88. The summed E-state index contributed by atoms with van der Waals surface area (Å²) in [6.45, 7) is 1.90. The van der Waals surface area contributed by atoms with E-state index in [4.69, 9.17) is 4.74 Å². The Hall–Kier alpha value is -3.75. The Morgan fingerprint density at radius 1 is 1.21 bits per heavy atom. The number of nitro benzene ring substituents is 1. The van der Waals surface area contributed by atoms with Crippen LogP contribution in [0.5, 0.6) is 0 Å². The molecule has 0 saturated carbocycles. The van der Waals surface area contributed by atoms with E-state index in [0.717, 1.165) is 5.56 Å². The van der Waals surface area contributed by atoms with Gasteiger partial charge in [-0.3, -0.25) is 14.9 Å². The van der Waals surface area contributed by atoms with Crippen molar-refractivity contribution >= 4 is 23.9 Å². The number of ether oxygens (including phenoxy) is 1. The zero-order valence-electron chi connectivity index (χ0n) is 15.2. The molecule has 146 valence electrons. The van der Waals surface area contributed by atoms with Crippen LogP contribution in [0.4, 0.5) is 10.5 Å². The van der Waals surface area contributed by atoms with Crippen molar-refractivity contribution in [1.29, 1.82) is 0 Å². The summed E-state index contributed by atoms with van der Waals surface area (Å²) in [5.41, 5.74) is 3.50. The predicted molar refractivity (Wildman–Crippen MR) is 103 cm³/mol. The summed E-state index contributed by atoms with van der Waals surface area (Å²) >= 11 is 0. The van der Waals surface area contributed by atoms with Gasteiger partial charge in [-0.15, -0.1) is 0 Å². The monoisotopic (exact) mass is 384 g/mol. The van der Waals surface area contributed by atoms with Crippen LogP contribution in [0.25, 0.3) is 0 Å². The fourth-order valence-electron chi connectivity index (χ4n) is 2.38. The van der Waals surface area contributed by atoms with Gasteiger partial charge in [0.25, 0.3) is 5.69 Å². The lowest BCUT2D eigenvalue weighted by molar-refractivity contribution is -0.384. The number of nitro groups is 1. The molecule has 2 amide bonds. The van der Waals surface area contributed by atoms with Crippen LogP contribution in [0, 0.1) is 10.1 Å². The Morgan fingerprint density at radius 2 is 1.96 bits per heavy atom. The van der Waals surface area contributed by atoms with Gasteiger partial charge in [-0.25, -0.2) is 10.2 Å². The number of amides is 2. The van der Waals surface area contributed by atoms with Gasteiger partial charge in [-0.1, -0.05) is 42.5 Å². The maximum Gasteiger partial charge on any atom is 0.407 e. The smallest absolute Gasteiger partial charge is 0.407 e. The second-order valence-corrected chi connectivity index (χ2v) is 5.68. The number of carbonyl (C=O) groups is 2. The number of nitrogens with one attached hydrogen (secondary N) is 2. The van der Waals surface area contributed by atoms with Crippen molar-refractivity contribution < 1.29 is 19.2 Å². The molecule has 0 aliphatic carbocycles. The maximum atomic E-state index is 12.2. The summed E-state index contributed by atoms with van der Waals surface area (Å²) in [5, 5.41) is 17.2. The lowest BCUT2D eigenvalue weighted by atomic mass is 10.0.